The molecule has 3 heterocycles. The quantitative estimate of drug-likeness (QED) is 0.600. The fraction of sp³-hybridized carbons (Fsp3) is 0.619. The average molecular weight is 419 g/mol. The van der Waals surface area contributed by atoms with Crippen LogP contribution in [0, 0.1) is 0 Å². The lowest BCUT2D eigenvalue weighted by molar-refractivity contribution is -0.138. The number of nitrogens with zero attached hydrogens (tertiary/aromatic N) is 1. The molecule has 0 radical (unpaired) electrons. The highest BCUT2D eigenvalue weighted by molar-refractivity contribution is 5.76. The molecule has 0 aromatic heterocycles. The Labute approximate surface area is 175 Å². The molecule has 1 aromatic carbocycles. The maximum Gasteiger partial charge on any atom is 0.315 e. The first-order valence-corrected chi connectivity index (χ1v) is 10.5. The van der Waals surface area contributed by atoms with Crippen LogP contribution >= 0.6 is 0 Å². The van der Waals surface area contributed by atoms with E-state index in [9.17, 15) is 14.7 Å². The first-order valence-electron chi connectivity index (χ1n) is 10.5. The van der Waals surface area contributed by atoms with Crippen LogP contribution in [0.4, 0.5) is 4.79 Å². The van der Waals surface area contributed by atoms with Crippen molar-refractivity contribution < 1.29 is 28.9 Å². The van der Waals surface area contributed by atoms with E-state index < -0.39 is 18.3 Å². The van der Waals surface area contributed by atoms with Gasteiger partial charge in [0.05, 0.1) is 31.8 Å². The van der Waals surface area contributed by atoms with E-state index in [2.05, 4.69) is 10.6 Å². The Morgan fingerprint density at radius 3 is 2.60 bits per heavy atom. The molecular formula is C21H29N3O6. The number of aliphatic hydroxyl groups is 1. The highest BCUT2D eigenvalue weighted by atomic mass is 16.6. The number of nitrogens with one attached hydrogen (secondary N) is 2. The third kappa shape index (κ3) is 5.10. The molecule has 3 aliphatic rings. The summed E-state index contributed by atoms with van der Waals surface area (Å²) in [6, 6.07) is 9.30. The highest BCUT2D eigenvalue weighted by Gasteiger charge is 2.50. The van der Waals surface area contributed by atoms with E-state index in [0.717, 1.165) is 5.56 Å². The van der Waals surface area contributed by atoms with Crippen LogP contribution in [0.3, 0.4) is 0 Å². The van der Waals surface area contributed by atoms with Crippen molar-refractivity contribution in [3.05, 3.63) is 35.9 Å². The number of morpholine rings is 1. The van der Waals surface area contributed by atoms with Gasteiger partial charge >= 0.3 is 6.03 Å². The van der Waals surface area contributed by atoms with Crippen LogP contribution in [0.5, 0.6) is 0 Å². The average Bonchev–Trinajstić information content (AvgIpc) is 3.30. The number of carbonyl (C=O) groups is 2. The number of rotatable bonds is 6. The van der Waals surface area contributed by atoms with Gasteiger partial charge < -0.3 is 34.9 Å². The predicted octanol–water partition coefficient (Wildman–Crippen LogP) is 0.0205. The minimum Gasteiger partial charge on any atom is -0.388 e. The van der Waals surface area contributed by atoms with Crippen LogP contribution in [0.25, 0.3) is 0 Å². The van der Waals surface area contributed by atoms with Crippen molar-refractivity contribution >= 4 is 11.9 Å². The molecule has 0 saturated carbocycles. The highest BCUT2D eigenvalue weighted by Crippen LogP contribution is 2.35. The first-order chi connectivity index (χ1) is 14.6. The molecule has 5 atom stereocenters. The molecule has 0 aliphatic carbocycles. The molecule has 30 heavy (non-hydrogen) atoms. The van der Waals surface area contributed by atoms with Crippen molar-refractivity contribution in [1.82, 2.24) is 15.5 Å². The van der Waals surface area contributed by atoms with E-state index in [1.54, 1.807) is 4.90 Å². The fourth-order valence-electron chi connectivity index (χ4n) is 4.18. The maximum absolute atomic E-state index is 12.4. The number of benzene rings is 1. The summed E-state index contributed by atoms with van der Waals surface area (Å²) in [4.78, 5) is 26.2. The zero-order valence-corrected chi connectivity index (χ0v) is 16.9. The lowest BCUT2D eigenvalue weighted by Crippen LogP contribution is -2.44. The van der Waals surface area contributed by atoms with E-state index in [1.807, 2.05) is 30.3 Å². The van der Waals surface area contributed by atoms with Crippen LogP contribution in [0.1, 0.15) is 18.4 Å². The summed E-state index contributed by atoms with van der Waals surface area (Å²) >= 11 is 0. The monoisotopic (exact) mass is 419 g/mol. The van der Waals surface area contributed by atoms with E-state index >= 15 is 0 Å². The molecule has 0 bridgehead atoms. The van der Waals surface area contributed by atoms with Gasteiger partial charge in [0.25, 0.3) is 0 Å². The Balaban J connectivity index is 1.17. The molecule has 0 spiro atoms. The molecule has 3 fully saturated rings. The summed E-state index contributed by atoms with van der Waals surface area (Å²) in [6.07, 6.45) is -1.50. The zero-order chi connectivity index (χ0) is 20.9. The number of aliphatic hydroxyl groups excluding tert-OH is 1. The molecule has 3 amide bonds. The van der Waals surface area contributed by atoms with Crippen molar-refractivity contribution in [3.63, 3.8) is 0 Å². The molecule has 1 aromatic rings. The minimum absolute atomic E-state index is 0.0473. The lowest BCUT2D eigenvalue weighted by Gasteiger charge is -2.28. The third-order valence-electron chi connectivity index (χ3n) is 5.80. The van der Waals surface area contributed by atoms with Crippen molar-refractivity contribution in [2.24, 2.45) is 0 Å². The number of fused-ring (bicyclic) bond motifs is 1. The molecule has 3 aliphatic heterocycles. The van der Waals surface area contributed by atoms with E-state index in [0.29, 0.717) is 39.3 Å². The molecule has 9 nitrogen and oxygen atoms in total. The van der Waals surface area contributed by atoms with Crippen molar-refractivity contribution in [1.29, 1.82) is 0 Å². The Morgan fingerprint density at radius 2 is 1.87 bits per heavy atom. The topological polar surface area (TPSA) is 109 Å². The molecule has 3 N–H and O–H groups in total. The Bertz CT molecular complexity index is 727. The predicted molar refractivity (Wildman–Crippen MR) is 107 cm³/mol. The van der Waals surface area contributed by atoms with Gasteiger partial charge in [-0.2, -0.15) is 0 Å². The maximum atomic E-state index is 12.4. The number of ether oxygens (including phenoxy) is 3. The smallest absolute Gasteiger partial charge is 0.315 e. The molecule has 0 unspecified atom stereocenters. The largest absolute Gasteiger partial charge is 0.388 e. The van der Waals surface area contributed by atoms with Crippen LogP contribution in [0.2, 0.25) is 0 Å². The molecule has 9 heteroatoms. The Kier molecular flexibility index (Phi) is 6.83. The number of amides is 3. The standard InChI is InChI=1S/C21H29N3O6/c25-18(24-6-8-28-9-7-24)11-15-10-16-20(29-15)19(26)17(30-16)13-23-21(27)22-12-14-4-2-1-3-5-14/h1-5,15-17,19-20,26H,6-13H2,(H2,22,23,27)/t15-,16+,17+,19+,20-/m0/s1. The van der Waals surface area contributed by atoms with Crippen LogP contribution in [-0.4, -0.2) is 85.3 Å². The normalized spacial score (nSPS) is 30.7. The van der Waals surface area contributed by atoms with Gasteiger partial charge in [-0.15, -0.1) is 0 Å². The number of hydrogen-bond acceptors (Lipinski definition) is 6. The summed E-state index contributed by atoms with van der Waals surface area (Å²) < 4.78 is 17.1. The number of urea groups is 1. The third-order valence-corrected chi connectivity index (χ3v) is 5.80. The van der Waals surface area contributed by atoms with E-state index in [-0.39, 0.29) is 37.1 Å². The van der Waals surface area contributed by atoms with E-state index in [1.165, 1.54) is 0 Å². The second-order valence-corrected chi connectivity index (χ2v) is 7.91. The fourth-order valence-corrected chi connectivity index (χ4v) is 4.18. The van der Waals surface area contributed by atoms with Gasteiger partial charge in [0.1, 0.15) is 18.3 Å². The SMILES string of the molecule is O=C(NCc1ccccc1)NC[C@H]1O[C@@H]2C[C@@H](CC(=O)N3CCOCC3)O[C@@H]2[C@@H]1O. The van der Waals surface area contributed by atoms with Gasteiger partial charge in [-0.25, -0.2) is 4.79 Å². The van der Waals surface area contributed by atoms with Gasteiger partial charge in [-0.1, -0.05) is 30.3 Å². The summed E-state index contributed by atoms with van der Waals surface area (Å²) in [5.41, 5.74) is 1.01. The summed E-state index contributed by atoms with van der Waals surface area (Å²) in [5, 5.41) is 16.1. The lowest BCUT2D eigenvalue weighted by atomic mass is 10.1. The summed E-state index contributed by atoms with van der Waals surface area (Å²) in [7, 11) is 0. The van der Waals surface area contributed by atoms with E-state index in [4.69, 9.17) is 14.2 Å². The van der Waals surface area contributed by atoms with Gasteiger partial charge in [0, 0.05) is 32.6 Å². The van der Waals surface area contributed by atoms with Crippen molar-refractivity contribution in [2.75, 3.05) is 32.8 Å². The molecular weight excluding hydrogens is 390 g/mol. The first kappa shape index (κ1) is 21.0. The van der Waals surface area contributed by atoms with Crippen LogP contribution in [-0.2, 0) is 25.5 Å². The molecule has 4 rings (SSSR count). The minimum atomic E-state index is -0.840. The van der Waals surface area contributed by atoms with Gasteiger partial charge in [-0.05, 0) is 5.56 Å². The zero-order valence-electron chi connectivity index (χ0n) is 16.9. The second-order valence-electron chi connectivity index (χ2n) is 7.91. The summed E-state index contributed by atoms with van der Waals surface area (Å²) in [6.45, 7) is 2.97. The van der Waals surface area contributed by atoms with Gasteiger partial charge in [0.15, 0.2) is 0 Å². The summed E-state index contributed by atoms with van der Waals surface area (Å²) in [5.74, 6) is 0.0473. The van der Waals surface area contributed by atoms with Crippen LogP contribution < -0.4 is 10.6 Å². The molecule has 164 valence electrons. The second kappa shape index (κ2) is 9.74. The van der Waals surface area contributed by atoms with Crippen molar-refractivity contribution in [2.45, 2.75) is 49.9 Å². The Hall–Kier alpha value is -2.20. The van der Waals surface area contributed by atoms with Gasteiger partial charge in [0.2, 0.25) is 5.91 Å². The van der Waals surface area contributed by atoms with Crippen molar-refractivity contribution in [3.8, 4) is 0 Å². The number of carbonyl (C=O) groups excluding carboxylic acids is 2. The van der Waals surface area contributed by atoms with Gasteiger partial charge in [-0.3, -0.25) is 4.79 Å². The number of hydrogen-bond donors (Lipinski definition) is 3. The Morgan fingerprint density at radius 1 is 1.10 bits per heavy atom. The van der Waals surface area contributed by atoms with Crippen LogP contribution in [0.15, 0.2) is 30.3 Å². The molecule has 3 saturated heterocycles.